The molecule has 0 saturated heterocycles. The second kappa shape index (κ2) is 10.2. The van der Waals surface area contributed by atoms with Crippen molar-refractivity contribution in [3.8, 4) is 0 Å². The number of fused-ring (bicyclic) bond motifs is 1. The number of anilines is 2. The van der Waals surface area contributed by atoms with Gasteiger partial charge in [0, 0.05) is 13.1 Å². The third kappa shape index (κ3) is 6.40. The van der Waals surface area contributed by atoms with Gasteiger partial charge in [-0.1, -0.05) is 24.3 Å². The number of benzene rings is 3. The van der Waals surface area contributed by atoms with E-state index in [4.69, 9.17) is 0 Å². The fourth-order valence-corrected chi connectivity index (χ4v) is 4.55. The lowest BCUT2D eigenvalue weighted by Crippen LogP contribution is -2.49. The quantitative estimate of drug-likeness (QED) is 0.327. The molecule has 0 fully saturated rings. The first-order valence-corrected chi connectivity index (χ1v) is 11.4. The number of nitrogens with zero attached hydrogens (tertiary/aromatic N) is 2. The molecule has 3 nitrogen and oxygen atoms in total. The van der Waals surface area contributed by atoms with E-state index in [0.29, 0.717) is 6.07 Å². The molecule has 0 amide bonds. The molecular weight excluding hydrogens is 546 g/mol. The van der Waals surface area contributed by atoms with Crippen LogP contribution in [0.2, 0.25) is 0 Å². The molecule has 0 aliphatic carbocycles. The molecular formula is C26H20F10N2O. The van der Waals surface area contributed by atoms with Gasteiger partial charge in [-0.3, -0.25) is 0 Å². The van der Waals surface area contributed by atoms with E-state index in [1.165, 1.54) is 35.2 Å². The van der Waals surface area contributed by atoms with Crippen molar-refractivity contribution in [2.24, 2.45) is 0 Å². The van der Waals surface area contributed by atoms with Crippen molar-refractivity contribution < 1.29 is 49.0 Å². The summed E-state index contributed by atoms with van der Waals surface area (Å²) < 4.78 is 134. The first kappa shape index (κ1) is 28.5. The first-order valence-electron chi connectivity index (χ1n) is 11.4. The predicted molar refractivity (Wildman–Crippen MR) is 122 cm³/mol. The second-order valence-corrected chi connectivity index (χ2v) is 9.06. The van der Waals surface area contributed by atoms with Crippen LogP contribution in [0.5, 0.6) is 0 Å². The number of β-amino-alcohol motifs (C(OH)–C–C–N with tert-alkyl or cyclic N) is 1. The van der Waals surface area contributed by atoms with Crippen LogP contribution in [0.25, 0.3) is 0 Å². The van der Waals surface area contributed by atoms with Crippen molar-refractivity contribution in [3.63, 3.8) is 0 Å². The topological polar surface area (TPSA) is 26.7 Å². The molecule has 0 aromatic heterocycles. The maximum absolute atomic E-state index is 14.1. The Bertz CT molecular complexity index is 1320. The average Bonchev–Trinajstić information content (AvgIpc) is 2.83. The van der Waals surface area contributed by atoms with E-state index >= 15 is 0 Å². The van der Waals surface area contributed by atoms with Crippen LogP contribution in [0.4, 0.5) is 55.3 Å². The monoisotopic (exact) mass is 566 g/mol. The summed E-state index contributed by atoms with van der Waals surface area (Å²) in [5.41, 5.74) is -2.10. The third-order valence-electron chi connectivity index (χ3n) is 6.31. The van der Waals surface area contributed by atoms with Gasteiger partial charge in [-0.2, -0.15) is 39.5 Å². The van der Waals surface area contributed by atoms with E-state index in [2.05, 4.69) is 0 Å². The summed E-state index contributed by atoms with van der Waals surface area (Å²) in [6.45, 7) is -1.63. The third-order valence-corrected chi connectivity index (χ3v) is 6.31. The number of alkyl halides is 9. The maximum atomic E-state index is 14.1. The molecule has 3 aromatic carbocycles. The van der Waals surface area contributed by atoms with Crippen LogP contribution in [-0.2, 0) is 18.9 Å². The van der Waals surface area contributed by atoms with Gasteiger partial charge in [-0.25, -0.2) is 4.39 Å². The fourth-order valence-electron chi connectivity index (χ4n) is 4.55. The highest BCUT2D eigenvalue weighted by molar-refractivity contribution is 5.75. The predicted octanol–water partition coefficient (Wildman–Crippen LogP) is 7.35. The van der Waals surface area contributed by atoms with Crippen molar-refractivity contribution in [2.45, 2.75) is 37.2 Å². The fraction of sp³-hybridized carbons (Fsp3) is 0.308. The van der Waals surface area contributed by atoms with Crippen LogP contribution < -0.4 is 9.80 Å². The summed E-state index contributed by atoms with van der Waals surface area (Å²) in [5, 5.41) is 9.84. The molecule has 0 unspecified atom stereocenters. The number of hydrogen-bond acceptors (Lipinski definition) is 3. The molecule has 1 heterocycles. The zero-order valence-corrected chi connectivity index (χ0v) is 19.7. The van der Waals surface area contributed by atoms with Crippen LogP contribution >= 0.6 is 0 Å². The zero-order chi connectivity index (χ0) is 28.8. The molecule has 4 rings (SSSR count). The minimum Gasteiger partial charge on any atom is -0.382 e. The number of halogens is 10. The Balaban J connectivity index is 1.81. The Morgan fingerprint density at radius 2 is 1.41 bits per heavy atom. The molecule has 210 valence electrons. The SMILES string of the molecule is O[C@H](CN1c2ccccc2N(Cc2cc(F)cc(C(F)(F)F)c2)C[C@H]1c1cccc(C(F)(F)F)c1)C(F)(F)F. The largest absolute Gasteiger partial charge is 0.416 e. The number of aliphatic hydroxyl groups excluding tert-OH is 1. The van der Waals surface area contributed by atoms with Crippen LogP contribution in [0.3, 0.4) is 0 Å². The Hall–Kier alpha value is -3.48. The highest BCUT2D eigenvalue weighted by Crippen LogP contribution is 2.43. The minimum absolute atomic E-state index is 0.0334. The number of rotatable bonds is 5. The Kier molecular flexibility index (Phi) is 7.50. The molecule has 0 radical (unpaired) electrons. The Labute approximate surface area is 215 Å². The number of para-hydroxylation sites is 2. The molecule has 1 aliphatic heterocycles. The van der Waals surface area contributed by atoms with Gasteiger partial charge >= 0.3 is 18.5 Å². The van der Waals surface area contributed by atoms with E-state index in [9.17, 15) is 49.0 Å². The van der Waals surface area contributed by atoms with Crippen molar-refractivity contribution in [2.75, 3.05) is 22.9 Å². The molecule has 0 bridgehead atoms. The maximum Gasteiger partial charge on any atom is 0.416 e. The van der Waals surface area contributed by atoms with Crippen molar-refractivity contribution in [1.82, 2.24) is 0 Å². The van der Waals surface area contributed by atoms with Gasteiger partial charge in [-0.05, 0) is 53.6 Å². The lowest BCUT2D eigenvalue weighted by Gasteiger charge is -2.46. The molecule has 0 saturated carbocycles. The molecule has 39 heavy (non-hydrogen) atoms. The smallest absolute Gasteiger partial charge is 0.382 e. The van der Waals surface area contributed by atoms with Crippen molar-refractivity contribution in [3.05, 3.63) is 94.8 Å². The van der Waals surface area contributed by atoms with Gasteiger partial charge in [0.2, 0.25) is 0 Å². The Morgan fingerprint density at radius 3 is 2.03 bits per heavy atom. The summed E-state index contributed by atoms with van der Waals surface area (Å²) >= 11 is 0. The molecule has 3 aromatic rings. The Morgan fingerprint density at radius 1 is 0.769 bits per heavy atom. The standard InChI is InChI=1S/C26H20F10N2O/c27-19-9-15(8-18(11-19)25(31,32)33)12-37-13-22(16-4-3-5-17(10-16)24(28,29)30)38(14-23(39)26(34,35)36)21-7-2-1-6-20(21)37/h1-11,22-23,39H,12-14H2/t22-,23+/m0/s1. The van der Waals surface area contributed by atoms with E-state index < -0.39 is 54.2 Å². The summed E-state index contributed by atoms with van der Waals surface area (Å²) in [5.74, 6) is -1.16. The van der Waals surface area contributed by atoms with E-state index in [1.54, 1.807) is 0 Å². The first-order chi connectivity index (χ1) is 18.0. The van der Waals surface area contributed by atoms with Crippen molar-refractivity contribution >= 4 is 11.4 Å². The molecule has 2 atom stereocenters. The minimum atomic E-state index is -5.03. The average molecular weight is 566 g/mol. The van der Waals surface area contributed by atoms with Crippen LogP contribution in [0.15, 0.2) is 66.7 Å². The highest BCUT2D eigenvalue weighted by Gasteiger charge is 2.43. The van der Waals surface area contributed by atoms with Crippen LogP contribution in [0.1, 0.15) is 28.3 Å². The zero-order valence-electron chi connectivity index (χ0n) is 19.7. The van der Waals surface area contributed by atoms with Crippen LogP contribution in [0, 0.1) is 5.82 Å². The van der Waals surface area contributed by atoms with Crippen molar-refractivity contribution in [1.29, 1.82) is 0 Å². The van der Waals surface area contributed by atoms with Gasteiger partial charge in [0.15, 0.2) is 6.10 Å². The van der Waals surface area contributed by atoms with E-state index in [0.717, 1.165) is 35.2 Å². The number of aliphatic hydroxyl groups is 1. The molecule has 13 heteroatoms. The normalized spacial score (nSPS) is 17.3. The van der Waals surface area contributed by atoms with Gasteiger partial charge in [-0.15, -0.1) is 0 Å². The highest BCUT2D eigenvalue weighted by atomic mass is 19.4. The molecule has 1 N–H and O–H groups in total. The van der Waals surface area contributed by atoms with Crippen LogP contribution in [-0.4, -0.2) is 30.5 Å². The van der Waals surface area contributed by atoms with Gasteiger partial charge in [0.1, 0.15) is 5.82 Å². The lowest BCUT2D eigenvalue weighted by atomic mass is 9.96. The van der Waals surface area contributed by atoms with Gasteiger partial charge in [0.05, 0.1) is 35.1 Å². The number of hydrogen-bond donors (Lipinski definition) is 1. The summed E-state index contributed by atoms with van der Waals surface area (Å²) in [7, 11) is 0. The van der Waals surface area contributed by atoms with Gasteiger partial charge < -0.3 is 14.9 Å². The van der Waals surface area contributed by atoms with E-state index in [-0.39, 0.29) is 35.6 Å². The summed E-state index contributed by atoms with van der Waals surface area (Å²) in [4.78, 5) is 2.57. The lowest BCUT2D eigenvalue weighted by molar-refractivity contribution is -0.200. The molecule has 0 spiro atoms. The second-order valence-electron chi connectivity index (χ2n) is 9.06. The summed E-state index contributed by atoms with van der Waals surface area (Å²) in [6.07, 6.45) is -17.5. The van der Waals surface area contributed by atoms with E-state index in [1.807, 2.05) is 0 Å². The van der Waals surface area contributed by atoms with Gasteiger partial charge in [0.25, 0.3) is 0 Å². The molecule has 1 aliphatic rings. The summed E-state index contributed by atoms with van der Waals surface area (Å²) in [6, 6.07) is 10.5.